The Labute approximate surface area is 116 Å². The summed E-state index contributed by atoms with van der Waals surface area (Å²) >= 11 is 2.11. The minimum Gasteiger partial charge on any atom is -0.313 e. The van der Waals surface area contributed by atoms with Crippen LogP contribution in [0.3, 0.4) is 0 Å². The Bertz CT molecular complexity index is 383. The van der Waals surface area contributed by atoms with Crippen LogP contribution in [0.25, 0.3) is 0 Å². The molecule has 18 heavy (non-hydrogen) atoms. The zero-order chi connectivity index (χ0) is 13.0. The van der Waals surface area contributed by atoms with Crippen molar-refractivity contribution in [1.29, 1.82) is 0 Å². The molecule has 1 N–H and O–H groups in total. The van der Waals surface area contributed by atoms with Crippen LogP contribution < -0.4 is 5.32 Å². The molecule has 1 aromatic rings. The fourth-order valence-corrected chi connectivity index (χ4v) is 4.06. The fraction of sp³-hybridized carbons (Fsp3) is 0.625. The summed E-state index contributed by atoms with van der Waals surface area (Å²) in [6.45, 7) is 4.42. The van der Waals surface area contributed by atoms with E-state index in [9.17, 15) is 0 Å². The number of benzene rings is 1. The first-order valence-corrected chi connectivity index (χ1v) is 8.18. The Hall–Kier alpha value is -0.470. The Balaban J connectivity index is 2.09. The Morgan fingerprint density at radius 1 is 1.28 bits per heavy atom. The second kappa shape index (κ2) is 6.63. The molecule has 1 aliphatic rings. The first-order chi connectivity index (χ1) is 8.70. The molecule has 2 heteroatoms. The lowest BCUT2D eigenvalue weighted by molar-refractivity contribution is 0.383. The predicted octanol–water partition coefficient (Wildman–Crippen LogP) is 4.10. The highest BCUT2D eigenvalue weighted by Crippen LogP contribution is 2.32. The summed E-state index contributed by atoms with van der Waals surface area (Å²) < 4.78 is 0. The number of hydrogen-bond donors (Lipinski definition) is 1. The van der Waals surface area contributed by atoms with E-state index in [0.717, 1.165) is 5.92 Å². The van der Waals surface area contributed by atoms with E-state index in [2.05, 4.69) is 56.2 Å². The molecular weight excluding hydrogens is 238 g/mol. The average Bonchev–Trinajstić information content (AvgIpc) is 2.40. The third-order valence-electron chi connectivity index (χ3n) is 4.07. The first kappa shape index (κ1) is 14.0. The van der Waals surface area contributed by atoms with Gasteiger partial charge in [-0.25, -0.2) is 0 Å². The summed E-state index contributed by atoms with van der Waals surface area (Å²) in [4.78, 5) is 0. The van der Waals surface area contributed by atoms with Gasteiger partial charge in [0, 0.05) is 6.04 Å². The number of thioether (sulfide) groups is 1. The van der Waals surface area contributed by atoms with Crippen molar-refractivity contribution in [3.63, 3.8) is 0 Å². The summed E-state index contributed by atoms with van der Waals surface area (Å²) in [6, 6.07) is 7.35. The highest BCUT2D eigenvalue weighted by molar-refractivity contribution is 7.99. The van der Waals surface area contributed by atoms with Gasteiger partial charge in [-0.15, -0.1) is 0 Å². The molecule has 0 aliphatic carbocycles. The van der Waals surface area contributed by atoms with Crippen molar-refractivity contribution in [2.45, 2.75) is 39.2 Å². The molecule has 1 aromatic carbocycles. The second-order valence-electron chi connectivity index (χ2n) is 5.49. The van der Waals surface area contributed by atoms with Gasteiger partial charge in [-0.3, -0.25) is 0 Å². The lowest BCUT2D eigenvalue weighted by Crippen LogP contribution is -2.22. The molecule has 1 atom stereocenters. The molecule has 0 radical (unpaired) electrons. The Kier molecular flexibility index (Phi) is 5.13. The van der Waals surface area contributed by atoms with Gasteiger partial charge in [0.1, 0.15) is 0 Å². The van der Waals surface area contributed by atoms with Crippen molar-refractivity contribution in [2.75, 3.05) is 18.6 Å². The average molecular weight is 263 g/mol. The van der Waals surface area contributed by atoms with Crippen LogP contribution in [0.5, 0.6) is 0 Å². The SMILES string of the molecule is CNC(CC1CCSCC1)c1cc(C)ccc1C. The number of hydrogen-bond acceptors (Lipinski definition) is 2. The quantitative estimate of drug-likeness (QED) is 0.878. The molecule has 2 rings (SSSR count). The van der Waals surface area contributed by atoms with Crippen LogP contribution in [-0.2, 0) is 0 Å². The van der Waals surface area contributed by atoms with E-state index < -0.39 is 0 Å². The van der Waals surface area contributed by atoms with Gasteiger partial charge >= 0.3 is 0 Å². The number of nitrogens with one attached hydrogen (secondary N) is 1. The van der Waals surface area contributed by atoms with Crippen molar-refractivity contribution in [3.8, 4) is 0 Å². The minimum atomic E-state index is 0.526. The third kappa shape index (κ3) is 3.52. The summed E-state index contributed by atoms with van der Waals surface area (Å²) in [7, 11) is 2.10. The van der Waals surface area contributed by atoms with Crippen LogP contribution >= 0.6 is 11.8 Å². The maximum atomic E-state index is 3.53. The molecule has 0 spiro atoms. The lowest BCUT2D eigenvalue weighted by Gasteiger charge is -2.27. The van der Waals surface area contributed by atoms with Gasteiger partial charge in [0.2, 0.25) is 0 Å². The monoisotopic (exact) mass is 263 g/mol. The molecule has 1 aliphatic heterocycles. The molecule has 1 unspecified atom stereocenters. The summed E-state index contributed by atoms with van der Waals surface area (Å²) in [5.74, 6) is 3.62. The van der Waals surface area contributed by atoms with Crippen molar-refractivity contribution >= 4 is 11.8 Å². The van der Waals surface area contributed by atoms with Crippen LogP contribution in [-0.4, -0.2) is 18.6 Å². The molecule has 1 nitrogen and oxygen atoms in total. The van der Waals surface area contributed by atoms with E-state index in [1.54, 1.807) is 0 Å². The zero-order valence-electron chi connectivity index (χ0n) is 11.8. The van der Waals surface area contributed by atoms with E-state index in [0.29, 0.717) is 6.04 Å². The Morgan fingerprint density at radius 2 is 2.00 bits per heavy atom. The summed E-state index contributed by atoms with van der Waals surface area (Å²) in [5, 5.41) is 3.53. The number of rotatable bonds is 4. The van der Waals surface area contributed by atoms with Crippen molar-refractivity contribution in [2.24, 2.45) is 5.92 Å². The zero-order valence-corrected chi connectivity index (χ0v) is 12.6. The highest BCUT2D eigenvalue weighted by atomic mass is 32.2. The van der Waals surface area contributed by atoms with Crippen LogP contribution in [0.2, 0.25) is 0 Å². The molecular formula is C16H25NS. The van der Waals surface area contributed by atoms with Crippen LogP contribution in [0.1, 0.15) is 42.0 Å². The summed E-state index contributed by atoms with van der Waals surface area (Å²) in [6.07, 6.45) is 4.09. The first-order valence-electron chi connectivity index (χ1n) is 7.03. The van der Waals surface area contributed by atoms with Crippen molar-refractivity contribution in [1.82, 2.24) is 5.32 Å². The van der Waals surface area contributed by atoms with Gasteiger partial charge < -0.3 is 5.32 Å². The van der Waals surface area contributed by atoms with Gasteiger partial charge in [0.05, 0.1) is 0 Å². The molecule has 0 aromatic heterocycles. The van der Waals surface area contributed by atoms with Gasteiger partial charge in [0.25, 0.3) is 0 Å². The van der Waals surface area contributed by atoms with Gasteiger partial charge in [-0.05, 0) is 68.7 Å². The Morgan fingerprint density at radius 3 is 2.67 bits per heavy atom. The smallest absolute Gasteiger partial charge is 0.0322 e. The van der Waals surface area contributed by atoms with Crippen molar-refractivity contribution < 1.29 is 0 Å². The topological polar surface area (TPSA) is 12.0 Å². The van der Waals surface area contributed by atoms with E-state index >= 15 is 0 Å². The van der Waals surface area contributed by atoms with Crippen molar-refractivity contribution in [3.05, 3.63) is 34.9 Å². The molecule has 100 valence electrons. The molecule has 0 saturated carbocycles. The fourth-order valence-electron chi connectivity index (χ4n) is 2.85. The highest BCUT2D eigenvalue weighted by Gasteiger charge is 2.20. The van der Waals surface area contributed by atoms with Crippen LogP contribution in [0, 0.1) is 19.8 Å². The van der Waals surface area contributed by atoms with Gasteiger partial charge in [-0.1, -0.05) is 23.8 Å². The van der Waals surface area contributed by atoms with Gasteiger partial charge in [-0.2, -0.15) is 11.8 Å². The molecule has 0 bridgehead atoms. The van der Waals surface area contributed by atoms with E-state index in [-0.39, 0.29) is 0 Å². The van der Waals surface area contributed by atoms with Crippen LogP contribution in [0.4, 0.5) is 0 Å². The molecule has 1 saturated heterocycles. The maximum absolute atomic E-state index is 3.53. The standard InChI is InChI=1S/C16H25NS/c1-12-4-5-13(2)15(10-12)16(17-3)11-14-6-8-18-9-7-14/h4-5,10,14,16-17H,6-9,11H2,1-3H3. The van der Waals surface area contributed by atoms with E-state index in [4.69, 9.17) is 0 Å². The lowest BCUT2D eigenvalue weighted by atomic mass is 9.88. The normalized spacial score (nSPS) is 18.8. The molecule has 1 fully saturated rings. The summed E-state index contributed by atoms with van der Waals surface area (Å²) in [5.41, 5.74) is 4.29. The molecule has 0 amide bonds. The minimum absolute atomic E-state index is 0.526. The third-order valence-corrected chi connectivity index (χ3v) is 5.12. The largest absolute Gasteiger partial charge is 0.313 e. The number of aryl methyl sites for hydroxylation is 2. The second-order valence-corrected chi connectivity index (χ2v) is 6.72. The van der Waals surface area contributed by atoms with Gasteiger partial charge in [0.15, 0.2) is 0 Å². The van der Waals surface area contributed by atoms with E-state index in [1.165, 1.54) is 47.5 Å². The molecule has 1 heterocycles. The predicted molar refractivity (Wildman–Crippen MR) is 82.4 cm³/mol. The van der Waals surface area contributed by atoms with E-state index in [1.807, 2.05) is 0 Å². The van der Waals surface area contributed by atoms with Crippen LogP contribution in [0.15, 0.2) is 18.2 Å². The maximum Gasteiger partial charge on any atom is 0.0322 e.